The summed E-state index contributed by atoms with van der Waals surface area (Å²) in [5, 5.41) is 16.6. The molecule has 4 aromatic heterocycles. The fraction of sp³-hybridized carbons (Fsp3) is 0.206. The predicted molar refractivity (Wildman–Crippen MR) is 178 cm³/mol. The van der Waals surface area contributed by atoms with Crippen LogP contribution in [0, 0.1) is 26.6 Å². The fourth-order valence-corrected chi connectivity index (χ4v) is 6.88. The van der Waals surface area contributed by atoms with E-state index in [2.05, 4.69) is 39.4 Å². The van der Waals surface area contributed by atoms with Crippen LogP contribution in [-0.2, 0) is 4.79 Å². The Morgan fingerprint density at radius 1 is 1.02 bits per heavy atom. The third-order valence-electron chi connectivity index (χ3n) is 8.34. The normalized spacial score (nSPS) is 13.9. The molecule has 0 spiro atoms. The highest BCUT2D eigenvalue weighted by atomic mass is 32.1. The Morgan fingerprint density at radius 2 is 1.77 bits per heavy atom. The highest BCUT2D eigenvalue weighted by molar-refractivity contribution is 7.15. The summed E-state index contributed by atoms with van der Waals surface area (Å²) in [7, 11) is 3.46. The SMILES string of the molecule is Cc1sc2c(c1C)C(c1ccc(-c3ccc(F)c(NC(=O)c4cnn5cccnc45)c3)cc1)=N[C@@H](CC(=O)N(C)C)c1nnc(C)n1-2. The van der Waals surface area contributed by atoms with Crippen molar-refractivity contribution in [2.75, 3.05) is 19.4 Å². The molecular weight excluding hydrogens is 618 g/mol. The van der Waals surface area contributed by atoms with Crippen LogP contribution in [0.4, 0.5) is 10.1 Å². The topological polar surface area (TPSA) is 123 Å². The number of aryl methyl sites for hydroxylation is 2. The van der Waals surface area contributed by atoms with Crippen LogP contribution in [0.2, 0.25) is 0 Å². The molecule has 11 nitrogen and oxygen atoms in total. The second-order valence-corrected chi connectivity index (χ2v) is 12.8. The van der Waals surface area contributed by atoms with E-state index in [4.69, 9.17) is 4.99 Å². The summed E-state index contributed by atoms with van der Waals surface area (Å²) in [6, 6.07) is 13.6. The minimum atomic E-state index is -0.563. The highest BCUT2D eigenvalue weighted by Gasteiger charge is 2.32. The van der Waals surface area contributed by atoms with E-state index in [0.717, 1.165) is 43.7 Å². The van der Waals surface area contributed by atoms with Gasteiger partial charge < -0.3 is 10.2 Å². The Labute approximate surface area is 273 Å². The van der Waals surface area contributed by atoms with Crippen molar-refractivity contribution in [1.82, 2.24) is 34.3 Å². The van der Waals surface area contributed by atoms with Gasteiger partial charge in [-0.2, -0.15) is 5.10 Å². The van der Waals surface area contributed by atoms with Crippen molar-refractivity contribution in [3.8, 4) is 16.1 Å². The molecule has 0 radical (unpaired) electrons. The number of rotatable bonds is 6. The molecule has 13 heteroatoms. The molecule has 1 atom stereocenters. The molecule has 5 heterocycles. The van der Waals surface area contributed by atoms with E-state index in [9.17, 15) is 14.0 Å². The van der Waals surface area contributed by atoms with Crippen molar-refractivity contribution in [2.45, 2.75) is 33.2 Å². The van der Waals surface area contributed by atoms with Gasteiger partial charge in [0.2, 0.25) is 5.91 Å². The molecule has 0 aliphatic carbocycles. The monoisotopic (exact) mass is 647 g/mol. The Hall–Kier alpha value is -5.56. The average molecular weight is 648 g/mol. The Morgan fingerprint density at radius 3 is 2.53 bits per heavy atom. The maximum absolute atomic E-state index is 14.9. The van der Waals surface area contributed by atoms with Gasteiger partial charge in [0.25, 0.3) is 5.91 Å². The van der Waals surface area contributed by atoms with E-state index in [0.29, 0.717) is 17.0 Å². The van der Waals surface area contributed by atoms with Crippen LogP contribution in [0.25, 0.3) is 21.8 Å². The smallest absolute Gasteiger partial charge is 0.261 e. The zero-order valence-electron chi connectivity index (χ0n) is 26.3. The lowest BCUT2D eigenvalue weighted by Crippen LogP contribution is -2.24. The number of amides is 2. The molecule has 1 aliphatic heterocycles. The van der Waals surface area contributed by atoms with Gasteiger partial charge in [0, 0.05) is 42.5 Å². The maximum Gasteiger partial charge on any atom is 0.261 e. The van der Waals surface area contributed by atoms with Gasteiger partial charge in [-0.15, -0.1) is 21.5 Å². The summed E-state index contributed by atoms with van der Waals surface area (Å²) >= 11 is 1.65. The third-order valence-corrected chi connectivity index (χ3v) is 9.53. The average Bonchev–Trinajstić information content (AvgIpc) is 3.72. The molecule has 0 saturated heterocycles. The molecule has 2 aromatic carbocycles. The first-order valence-electron chi connectivity index (χ1n) is 14.9. The number of hydrogen-bond acceptors (Lipinski definition) is 8. The number of nitrogens with one attached hydrogen (secondary N) is 1. The molecule has 0 saturated carbocycles. The molecule has 0 unspecified atom stereocenters. The van der Waals surface area contributed by atoms with Crippen LogP contribution in [0.1, 0.15) is 56.0 Å². The first-order chi connectivity index (χ1) is 22.6. The number of anilines is 1. The third kappa shape index (κ3) is 5.27. The van der Waals surface area contributed by atoms with Gasteiger partial charge in [-0.1, -0.05) is 30.3 Å². The molecule has 1 aliphatic rings. The van der Waals surface area contributed by atoms with Crippen molar-refractivity contribution >= 4 is 40.2 Å². The van der Waals surface area contributed by atoms with Crippen molar-refractivity contribution < 1.29 is 14.0 Å². The lowest BCUT2D eigenvalue weighted by Gasteiger charge is -2.16. The molecule has 0 fully saturated rings. The van der Waals surface area contributed by atoms with E-state index in [1.807, 2.05) is 35.8 Å². The largest absolute Gasteiger partial charge is 0.349 e. The Bertz CT molecular complexity index is 2230. The molecular formula is C34H30FN9O2S. The number of fused-ring (bicyclic) bond motifs is 4. The Balaban J connectivity index is 1.24. The number of thiophene rings is 1. The summed E-state index contributed by atoms with van der Waals surface area (Å²) < 4.78 is 18.4. The Kier molecular flexibility index (Phi) is 7.47. The summed E-state index contributed by atoms with van der Waals surface area (Å²) in [6.07, 6.45) is 4.80. The number of nitrogens with zero attached hydrogens (tertiary/aromatic N) is 8. The van der Waals surface area contributed by atoms with Crippen LogP contribution in [0.5, 0.6) is 0 Å². The number of hydrogen-bond donors (Lipinski definition) is 1. The molecule has 7 rings (SSSR count). The van der Waals surface area contributed by atoms with E-state index >= 15 is 0 Å². The molecule has 236 valence electrons. The van der Waals surface area contributed by atoms with Crippen molar-refractivity contribution in [3.63, 3.8) is 0 Å². The lowest BCUT2D eigenvalue weighted by atomic mass is 9.97. The summed E-state index contributed by atoms with van der Waals surface area (Å²) in [6.45, 7) is 6.07. The van der Waals surface area contributed by atoms with Crippen LogP contribution < -0.4 is 5.32 Å². The second kappa shape index (κ2) is 11.7. The minimum Gasteiger partial charge on any atom is -0.349 e. The summed E-state index contributed by atoms with van der Waals surface area (Å²) in [5.74, 6) is 0.228. The quantitative estimate of drug-likeness (QED) is 0.247. The lowest BCUT2D eigenvalue weighted by molar-refractivity contribution is -0.129. The number of aromatic nitrogens is 6. The fourth-order valence-electron chi connectivity index (χ4n) is 5.67. The van der Waals surface area contributed by atoms with Gasteiger partial charge in [0.15, 0.2) is 11.5 Å². The first kappa shape index (κ1) is 30.1. The highest BCUT2D eigenvalue weighted by Crippen LogP contribution is 2.40. The van der Waals surface area contributed by atoms with E-state index in [-0.39, 0.29) is 23.6 Å². The summed E-state index contributed by atoms with van der Waals surface area (Å²) in [4.78, 5) is 38.1. The molecule has 2 amide bonds. The molecule has 47 heavy (non-hydrogen) atoms. The van der Waals surface area contributed by atoms with Crippen LogP contribution in [0.15, 0.2) is 72.1 Å². The van der Waals surface area contributed by atoms with Gasteiger partial charge in [0.1, 0.15) is 28.2 Å². The van der Waals surface area contributed by atoms with Crippen LogP contribution >= 0.6 is 11.3 Å². The van der Waals surface area contributed by atoms with Gasteiger partial charge in [-0.3, -0.25) is 19.1 Å². The van der Waals surface area contributed by atoms with E-state index < -0.39 is 17.8 Å². The van der Waals surface area contributed by atoms with Gasteiger partial charge in [0.05, 0.1) is 24.0 Å². The number of benzene rings is 2. The zero-order valence-corrected chi connectivity index (χ0v) is 27.1. The minimum absolute atomic E-state index is 0.0424. The van der Waals surface area contributed by atoms with Crippen molar-refractivity contribution in [2.24, 2.45) is 4.99 Å². The number of carbonyl (C=O) groups excluding carboxylic acids is 2. The van der Waals surface area contributed by atoms with Crippen LogP contribution in [-0.4, -0.2) is 65.9 Å². The number of aliphatic imine (C=N–C) groups is 1. The van der Waals surface area contributed by atoms with Gasteiger partial charge in [-0.25, -0.2) is 13.9 Å². The van der Waals surface area contributed by atoms with E-state index in [1.165, 1.54) is 16.8 Å². The van der Waals surface area contributed by atoms with Gasteiger partial charge >= 0.3 is 0 Å². The molecule has 0 bridgehead atoms. The molecule has 6 aromatic rings. The summed E-state index contributed by atoms with van der Waals surface area (Å²) in [5.41, 5.74) is 5.91. The van der Waals surface area contributed by atoms with Crippen molar-refractivity contribution in [1.29, 1.82) is 0 Å². The van der Waals surface area contributed by atoms with Crippen LogP contribution in [0.3, 0.4) is 0 Å². The van der Waals surface area contributed by atoms with Gasteiger partial charge in [-0.05, 0) is 55.7 Å². The number of carbonyl (C=O) groups is 2. The maximum atomic E-state index is 14.9. The zero-order chi connectivity index (χ0) is 33.0. The van der Waals surface area contributed by atoms with Crippen molar-refractivity contribution in [3.05, 3.63) is 112 Å². The standard InChI is InChI=1S/C34H30FN9O2S/c1-18-19(2)47-34-29(18)30(38-27(16-28(45)42(4)5)32-41-40-20(3)44(32)34)22-9-7-21(8-10-22)23-11-12-25(35)26(15-23)39-33(46)24-17-37-43-14-6-13-36-31(24)43/h6-15,17,27H,16H2,1-5H3,(H,39,46)/t27-/m0/s1. The first-order valence-corrected chi connectivity index (χ1v) is 15.7. The van der Waals surface area contributed by atoms with E-state index in [1.54, 1.807) is 60.9 Å². The number of halogens is 1. The predicted octanol–water partition coefficient (Wildman–Crippen LogP) is 5.73. The molecule has 1 N–H and O–H groups in total. The second-order valence-electron chi connectivity index (χ2n) is 11.6.